The Hall–Kier alpha value is -0.900. The summed E-state index contributed by atoms with van der Waals surface area (Å²) >= 11 is 0. The molecular weight excluding hydrogens is 202 g/mol. The molecule has 0 bridgehead atoms. The number of aromatic nitrogens is 2. The highest BCUT2D eigenvalue weighted by molar-refractivity contribution is 4.88. The van der Waals surface area contributed by atoms with Crippen LogP contribution in [0.15, 0.2) is 10.9 Å². The smallest absolute Gasteiger partial charge is 0.227 e. The first-order chi connectivity index (χ1) is 7.68. The molecule has 1 fully saturated rings. The Morgan fingerprint density at radius 3 is 3.06 bits per heavy atom. The monoisotopic (exact) mass is 223 g/mol. The summed E-state index contributed by atoms with van der Waals surface area (Å²) in [7, 11) is 0. The van der Waals surface area contributed by atoms with Gasteiger partial charge in [-0.25, -0.2) is 0 Å². The second-order valence-corrected chi connectivity index (χ2v) is 5.33. The van der Waals surface area contributed by atoms with Gasteiger partial charge >= 0.3 is 0 Å². The lowest BCUT2D eigenvalue weighted by Gasteiger charge is -2.39. The SMILES string of the molecule is CC1(C)CCCCC1NCCc1ncno1. The molecule has 4 heteroatoms. The van der Waals surface area contributed by atoms with E-state index in [9.17, 15) is 0 Å². The summed E-state index contributed by atoms with van der Waals surface area (Å²) < 4.78 is 4.97. The highest BCUT2D eigenvalue weighted by Gasteiger charge is 2.31. The van der Waals surface area contributed by atoms with Crippen molar-refractivity contribution in [1.29, 1.82) is 0 Å². The van der Waals surface area contributed by atoms with Crippen molar-refractivity contribution in [3.8, 4) is 0 Å². The first kappa shape index (κ1) is 11.6. The number of hydrogen-bond donors (Lipinski definition) is 1. The van der Waals surface area contributed by atoms with Gasteiger partial charge < -0.3 is 9.84 Å². The van der Waals surface area contributed by atoms with Crippen molar-refractivity contribution < 1.29 is 4.52 Å². The molecular formula is C12H21N3O. The molecule has 0 spiro atoms. The summed E-state index contributed by atoms with van der Waals surface area (Å²) in [6.07, 6.45) is 7.62. The molecule has 1 aliphatic rings. The van der Waals surface area contributed by atoms with Gasteiger partial charge in [-0.3, -0.25) is 0 Å². The summed E-state index contributed by atoms with van der Waals surface area (Å²) in [5, 5.41) is 7.22. The van der Waals surface area contributed by atoms with Gasteiger partial charge in [0.05, 0.1) is 0 Å². The van der Waals surface area contributed by atoms with E-state index in [1.165, 1.54) is 32.0 Å². The Labute approximate surface area is 96.8 Å². The van der Waals surface area contributed by atoms with Crippen molar-refractivity contribution in [1.82, 2.24) is 15.5 Å². The van der Waals surface area contributed by atoms with Crippen LogP contribution in [-0.2, 0) is 6.42 Å². The minimum atomic E-state index is 0.424. The number of nitrogens with one attached hydrogen (secondary N) is 1. The molecule has 1 atom stereocenters. The maximum atomic E-state index is 4.97. The van der Waals surface area contributed by atoms with Crippen LogP contribution in [0.2, 0.25) is 0 Å². The minimum absolute atomic E-state index is 0.424. The molecule has 0 saturated heterocycles. The van der Waals surface area contributed by atoms with Crippen molar-refractivity contribution in [2.75, 3.05) is 6.54 Å². The Balaban J connectivity index is 1.76. The van der Waals surface area contributed by atoms with Crippen molar-refractivity contribution >= 4 is 0 Å². The molecule has 90 valence electrons. The Morgan fingerprint density at radius 2 is 2.38 bits per heavy atom. The lowest BCUT2D eigenvalue weighted by molar-refractivity contribution is 0.168. The zero-order chi connectivity index (χ0) is 11.4. The van der Waals surface area contributed by atoms with Gasteiger partial charge in [-0.2, -0.15) is 4.98 Å². The average molecular weight is 223 g/mol. The Kier molecular flexibility index (Phi) is 3.59. The third-order valence-electron chi connectivity index (χ3n) is 3.64. The van der Waals surface area contributed by atoms with E-state index in [4.69, 9.17) is 4.52 Å². The molecule has 0 radical (unpaired) electrons. The van der Waals surface area contributed by atoms with Gasteiger partial charge in [0.25, 0.3) is 0 Å². The lowest BCUT2D eigenvalue weighted by atomic mass is 9.73. The van der Waals surface area contributed by atoms with Gasteiger partial charge in [0.2, 0.25) is 5.89 Å². The number of rotatable bonds is 4. The van der Waals surface area contributed by atoms with E-state index in [2.05, 4.69) is 29.3 Å². The van der Waals surface area contributed by atoms with Crippen molar-refractivity contribution in [3.05, 3.63) is 12.2 Å². The van der Waals surface area contributed by atoms with Crippen molar-refractivity contribution in [2.24, 2.45) is 5.41 Å². The van der Waals surface area contributed by atoms with Crippen LogP contribution in [-0.4, -0.2) is 22.7 Å². The van der Waals surface area contributed by atoms with Gasteiger partial charge in [-0.15, -0.1) is 0 Å². The molecule has 16 heavy (non-hydrogen) atoms. The molecule has 0 aromatic carbocycles. The summed E-state index contributed by atoms with van der Waals surface area (Å²) in [6.45, 7) is 5.64. The van der Waals surface area contributed by atoms with Crippen LogP contribution in [0, 0.1) is 5.41 Å². The summed E-state index contributed by atoms with van der Waals surface area (Å²) in [5.41, 5.74) is 0.424. The van der Waals surface area contributed by atoms with E-state index in [0.717, 1.165) is 18.9 Å². The fourth-order valence-electron chi connectivity index (χ4n) is 2.53. The predicted molar refractivity (Wildman–Crippen MR) is 62.0 cm³/mol. The first-order valence-electron chi connectivity index (χ1n) is 6.17. The van der Waals surface area contributed by atoms with E-state index >= 15 is 0 Å². The van der Waals surface area contributed by atoms with Gasteiger partial charge in [0.15, 0.2) is 6.33 Å². The zero-order valence-corrected chi connectivity index (χ0v) is 10.2. The molecule has 4 nitrogen and oxygen atoms in total. The van der Waals surface area contributed by atoms with Crippen LogP contribution in [0.1, 0.15) is 45.4 Å². The van der Waals surface area contributed by atoms with Gasteiger partial charge in [0, 0.05) is 19.0 Å². The van der Waals surface area contributed by atoms with Crippen LogP contribution < -0.4 is 5.32 Å². The predicted octanol–water partition coefficient (Wildman–Crippen LogP) is 2.17. The van der Waals surface area contributed by atoms with Crippen LogP contribution in [0.25, 0.3) is 0 Å². The zero-order valence-electron chi connectivity index (χ0n) is 10.2. The molecule has 2 rings (SSSR count). The fourth-order valence-corrected chi connectivity index (χ4v) is 2.53. The molecule has 1 N–H and O–H groups in total. The van der Waals surface area contributed by atoms with Crippen LogP contribution in [0.4, 0.5) is 0 Å². The molecule has 1 aromatic rings. The molecule has 0 amide bonds. The van der Waals surface area contributed by atoms with E-state index in [1.54, 1.807) is 0 Å². The van der Waals surface area contributed by atoms with Gasteiger partial charge in [-0.1, -0.05) is 31.8 Å². The molecule has 1 heterocycles. The minimum Gasteiger partial charge on any atom is -0.340 e. The van der Waals surface area contributed by atoms with Crippen LogP contribution in [0.5, 0.6) is 0 Å². The average Bonchev–Trinajstić information content (AvgIpc) is 2.73. The Morgan fingerprint density at radius 1 is 1.50 bits per heavy atom. The fraction of sp³-hybridized carbons (Fsp3) is 0.833. The van der Waals surface area contributed by atoms with E-state index in [1.807, 2.05) is 0 Å². The first-order valence-corrected chi connectivity index (χ1v) is 6.17. The van der Waals surface area contributed by atoms with E-state index in [0.29, 0.717) is 11.5 Å². The number of hydrogen-bond acceptors (Lipinski definition) is 4. The Bertz CT molecular complexity index is 308. The maximum absolute atomic E-state index is 4.97. The molecule has 1 unspecified atom stereocenters. The maximum Gasteiger partial charge on any atom is 0.227 e. The molecule has 0 aliphatic heterocycles. The second kappa shape index (κ2) is 4.95. The largest absolute Gasteiger partial charge is 0.340 e. The normalized spacial score (nSPS) is 24.5. The van der Waals surface area contributed by atoms with Crippen molar-refractivity contribution in [2.45, 2.75) is 52.0 Å². The standard InChI is InChI=1S/C12H21N3O/c1-12(2)7-4-3-5-10(12)13-8-6-11-14-9-15-16-11/h9-10,13H,3-8H2,1-2H3. The van der Waals surface area contributed by atoms with Gasteiger partial charge in [0.1, 0.15) is 0 Å². The van der Waals surface area contributed by atoms with E-state index in [-0.39, 0.29) is 0 Å². The summed E-state index contributed by atoms with van der Waals surface area (Å²) in [6, 6.07) is 0.629. The third kappa shape index (κ3) is 2.82. The molecule has 1 saturated carbocycles. The second-order valence-electron chi connectivity index (χ2n) is 5.33. The quantitative estimate of drug-likeness (QED) is 0.850. The van der Waals surface area contributed by atoms with Gasteiger partial charge in [-0.05, 0) is 18.3 Å². The highest BCUT2D eigenvalue weighted by atomic mass is 16.5. The van der Waals surface area contributed by atoms with E-state index < -0.39 is 0 Å². The van der Waals surface area contributed by atoms with Crippen LogP contribution >= 0.6 is 0 Å². The number of nitrogens with zero attached hydrogens (tertiary/aromatic N) is 2. The van der Waals surface area contributed by atoms with Crippen LogP contribution in [0.3, 0.4) is 0 Å². The summed E-state index contributed by atoms with van der Waals surface area (Å²) in [4.78, 5) is 4.02. The lowest BCUT2D eigenvalue weighted by Crippen LogP contribution is -2.44. The molecule has 1 aromatic heterocycles. The van der Waals surface area contributed by atoms with Crippen molar-refractivity contribution in [3.63, 3.8) is 0 Å². The topological polar surface area (TPSA) is 51.0 Å². The highest BCUT2D eigenvalue weighted by Crippen LogP contribution is 2.35. The molecule has 1 aliphatic carbocycles. The third-order valence-corrected chi connectivity index (χ3v) is 3.64. The summed E-state index contributed by atoms with van der Waals surface area (Å²) in [5.74, 6) is 0.723.